The molecule has 0 aliphatic carbocycles. The Balaban J connectivity index is 2.06. The minimum atomic E-state index is -4.60. The Morgan fingerprint density at radius 1 is 1.35 bits per heavy atom. The van der Waals surface area contributed by atoms with Gasteiger partial charge in [-0.3, -0.25) is 0 Å². The molecule has 0 amide bonds. The minimum Gasteiger partial charge on any atom is -0.477 e. The van der Waals surface area contributed by atoms with E-state index in [4.69, 9.17) is 4.74 Å². The molecule has 2 rings (SSSR count). The van der Waals surface area contributed by atoms with Crippen molar-refractivity contribution in [1.29, 1.82) is 0 Å². The van der Waals surface area contributed by atoms with E-state index in [0.29, 0.717) is 6.42 Å². The summed E-state index contributed by atoms with van der Waals surface area (Å²) < 4.78 is 43.1. The summed E-state index contributed by atoms with van der Waals surface area (Å²) in [6, 6.07) is 5.18. The van der Waals surface area contributed by atoms with Crippen LogP contribution >= 0.6 is 11.3 Å². The predicted octanol–water partition coefficient (Wildman–Crippen LogP) is 3.22. The highest BCUT2D eigenvalue weighted by atomic mass is 32.1. The highest BCUT2D eigenvalue weighted by Gasteiger charge is 2.35. The molecule has 0 spiro atoms. The average molecular weight is 303 g/mol. The van der Waals surface area contributed by atoms with Crippen LogP contribution in [-0.4, -0.2) is 23.6 Å². The van der Waals surface area contributed by atoms with Gasteiger partial charge >= 0.3 is 6.18 Å². The molecule has 0 aliphatic heterocycles. The first kappa shape index (κ1) is 14.6. The normalized spacial score (nSPS) is 11.4. The van der Waals surface area contributed by atoms with Crippen molar-refractivity contribution in [2.24, 2.45) is 0 Å². The zero-order valence-electron chi connectivity index (χ0n) is 10.6. The molecule has 1 N–H and O–H groups in total. The Bertz CT molecular complexity index is 558. The fourth-order valence-electron chi connectivity index (χ4n) is 1.46. The molecule has 0 bridgehead atoms. The first-order valence-corrected chi connectivity index (χ1v) is 6.66. The number of ether oxygens (including phenoxy) is 1. The molecule has 0 saturated carbocycles. The third-order valence-electron chi connectivity index (χ3n) is 2.39. The number of rotatable bonds is 5. The van der Waals surface area contributed by atoms with Crippen LogP contribution < -0.4 is 10.1 Å². The summed E-state index contributed by atoms with van der Waals surface area (Å²) >= 11 is 1.57. The zero-order valence-corrected chi connectivity index (χ0v) is 11.4. The Morgan fingerprint density at radius 3 is 2.75 bits per heavy atom. The lowest BCUT2D eigenvalue weighted by Gasteiger charge is -2.10. The van der Waals surface area contributed by atoms with Gasteiger partial charge in [-0.15, -0.1) is 11.3 Å². The van der Waals surface area contributed by atoms with Crippen LogP contribution in [0.1, 0.15) is 10.7 Å². The predicted molar refractivity (Wildman–Crippen MR) is 70.1 cm³/mol. The summed E-state index contributed by atoms with van der Waals surface area (Å²) in [5.74, 6) is -1.23. The summed E-state index contributed by atoms with van der Waals surface area (Å²) in [6.45, 7) is 0.262. The summed E-state index contributed by atoms with van der Waals surface area (Å²) in [7, 11) is 1.48. The second-order valence-electron chi connectivity index (χ2n) is 3.84. The SMILES string of the molecule is CNc1cc(OCCc2cccs2)nc(C(F)(F)F)n1. The molecule has 20 heavy (non-hydrogen) atoms. The highest BCUT2D eigenvalue weighted by Crippen LogP contribution is 2.28. The van der Waals surface area contributed by atoms with Gasteiger partial charge in [0.15, 0.2) is 0 Å². The van der Waals surface area contributed by atoms with Crippen LogP contribution in [0.25, 0.3) is 0 Å². The van der Waals surface area contributed by atoms with E-state index in [1.54, 1.807) is 11.3 Å². The van der Waals surface area contributed by atoms with Crippen molar-refractivity contribution in [1.82, 2.24) is 9.97 Å². The molecule has 2 aromatic rings. The third-order valence-corrected chi connectivity index (χ3v) is 3.33. The van der Waals surface area contributed by atoms with Crippen molar-refractivity contribution in [3.8, 4) is 5.88 Å². The van der Waals surface area contributed by atoms with E-state index in [0.717, 1.165) is 4.88 Å². The smallest absolute Gasteiger partial charge is 0.451 e. The van der Waals surface area contributed by atoms with Gasteiger partial charge in [-0.1, -0.05) is 6.07 Å². The van der Waals surface area contributed by atoms with Crippen LogP contribution in [0.3, 0.4) is 0 Å². The van der Waals surface area contributed by atoms with Crippen LogP contribution in [0.15, 0.2) is 23.6 Å². The highest BCUT2D eigenvalue weighted by molar-refractivity contribution is 7.09. The van der Waals surface area contributed by atoms with E-state index >= 15 is 0 Å². The van der Waals surface area contributed by atoms with Gasteiger partial charge in [0.1, 0.15) is 5.82 Å². The number of hydrogen-bond acceptors (Lipinski definition) is 5. The number of nitrogens with zero attached hydrogens (tertiary/aromatic N) is 2. The van der Waals surface area contributed by atoms with Gasteiger partial charge in [0.25, 0.3) is 0 Å². The van der Waals surface area contributed by atoms with Crippen molar-refractivity contribution in [2.45, 2.75) is 12.6 Å². The van der Waals surface area contributed by atoms with Gasteiger partial charge in [-0.25, -0.2) is 4.98 Å². The maximum atomic E-state index is 12.6. The lowest BCUT2D eigenvalue weighted by molar-refractivity contribution is -0.145. The van der Waals surface area contributed by atoms with Gasteiger partial charge in [-0.2, -0.15) is 18.2 Å². The van der Waals surface area contributed by atoms with E-state index in [1.807, 2.05) is 17.5 Å². The zero-order chi connectivity index (χ0) is 14.6. The Hall–Kier alpha value is -1.83. The fraction of sp³-hybridized carbons (Fsp3) is 0.333. The molecule has 0 saturated heterocycles. The summed E-state index contributed by atoms with van der Waals surface area (Å²) in [4.78, 5) is 7.83. The third kappa shape index (κ3) is 3.83. The largest absolute Gasteiger partial charge is 0.477 e. The molecule has 0 aromatic carbocycles. The molecular weight excluding hydrogens is 291 g/mol. The fourth-order valence-corrected chi connectivity index (χ4v) is 2.16. The number of aromatic nitrogens is 2. The molecule has 0 unspecified atom stereocenters. The minimum absolute atomic E-state index is 0.0680. The molecule has 0 fully saturated rings. The van der Waals surface area contributed by atoms with Gasteiger partial charge in [0.05, 0.1) is 6.61 Å². The number of thiophene rings is 1. The first-order chi connectivity index (χ1) is 9.49. The molecule has 4 nitrogen and oxygen atoms in total. The van der Waals surface area contributed by atoms with Crippen molar-refractivity contribution >= 4 is 17.2 Å². The number of halogens is 3. The maximum absolute atomic E-state index is 12.6. The van der Waals surface area contributed by atoms with E-state index in [1.165, 1.54) is 13.1 Å². The second kappa shape index (κ2) is 6.08. The van der Waals surface area contributed by atoms with E-state index in [9.17, 15) is 13.2 Å². The summed E-state index contributed by atoms with van der Waals surface area (Å²) in [5, 5.41) is 4.49. The van der Waals surface area contributed by atoms with Crippen molar-refractivity contribution in [2.75, 3.05) is 19.0 Å². The van der Waals surface area contributed by atoms with Crippen molar-refractivity contribution in [3.63, 3.8) is 0 Å². The Kier molecular flexibility index (Phi) is 4.43. The monoisotopic (exact) mass is 303 g/mol. The van der Waals surface area contributed by atoms with Gasteiger partial charge in [-0.05, 0) is 11.4 Å². The summed E-state index contributed by atoms with van der Waals surface area (Å²) in [5.41, 5.74) is 0. The van der Waals surface area contributed by atoms with Gasteiger partial charge in [0.2, 0.25) is 11.7 Å². The number of anilines is 1. The number of nitrogens with one attached hydrogen (secondary N) is 1. The molecule has 2 aromatic heterocycles. The molecule has 0 radical (unpaired) electrons. The van der Waals surface area contributed by atoms with Crippen LogP contribution in [0.4, 0.5) is 19.0 Å². The van der Waals surface area contributed by atoms with Crippen LogP contribution in [0, 0.1) is 0 Å². The molecule has 0 aliphatic rings. The van der Waals surface area contributed by atoms with E-state index in [-0.39, 0.29) is 18.3 Å². The molecule has 8 heteroatoms. The van der Waals surface area contributed by atoms with Crippen LogP contribution in [0.2, 0.25) is 0 Å². The van der Waals surface area contributed by atoms with Gasteiger partial charge < -0.3 is 10.1 Å². The van der Waals surface area contributed by atoms with Crippen molar-refractivity contribution < 1.29 is 17.9 Å². The second-order valence-corrected chi connectivity index (χ2v) is 4.87. The maximum Gasteiger partial charge on any atom is 0.451 e. The lowest BCUT2D eigenvalue weighted by atomic mass is 10.4. The Morgan fingerprint density at radius 2 is 2.15 bits per heavy atom. The van der Waals surface area contributed by atoms with Crippen LogP contribution in [-0.2, 0) is 12.6 Å². The number of hydrogen-bond donors (Lipinski definition) is 1. The average Bonchev–Trinajstić information content (AvgIpc) is 2.90. The van der Waals surface area contributed by atoms with E-state index < -0.39 is 12.0 Å². The standard InChI is InChI=1S/C12H12F3N3OS/c1-16-9-7-10(18-11(17-9)12(13,14)15)19-5-4-8-3-2-6-20-8/h2-3,6-7H,4-5H2,1H3,(H,16,17,18). The van der Waals surface area contributed by atoms with Crippen LogP contribution in [0.5, 0.6) is 5.88 Å². The quantitative estimate of drug-likeness (QED) is 0.921. The molecular formula is C12H12F3N3OS. The van der Waals surface area contributed by atoms with Crippen molar-refractivity contribution in [3.05, 3.63) is 34.3 Å². The lowest BCUT2D eigenvalue weighted by Crippen LogP contribution is -2.14. The summed E-state index contributed by atoms with van der Waals surface area (Å²) in [6.07, 6.45) is -3.98. The van der Waals surface area contributed by atoms with Gasteiger partial charge in [0, 0.05) is 24.4 Å². The molecule has 108 valence electrons. The van der Waals surface area contributed by atoms with E-state index in [2.05, 4.69) is 15.3 Å². The molecule has 0 atom stereocenters. The first-order valence-electron chi connectivity index (χ1n) is 5.78. The topological polar surface area (TPSA) is 47.0 Å². The number of alkyl halides is 3. The Labute approximate surface area is 117 Å². The molecule has 2 heterocycles.